The van der Waals surface area contributed by atoms with Crippen molar-refractivity contribution < 1.29 is 36.7 Å². The molecule has 39 heavy (non-hydrogen) atoms. The van der Waals surface area contributed by atoms with Crippen molar-refractivity contribution in [3.63, 3.8) is 0 Å². The average Bonchev–Trinajstić information content (AvgIpc) is 3.56. The number of fused-ring (bicyclic) bond motifs is 3. The van der Waals surface area contributed by atoms with E-state index in [1.807, 2.05) is 18.0 Å². The van der Waals surface area contributed by atoms with Crippen LogP contribution in [0.15, 0.2) is 10.6 Å². The second-order valence-electron chi connectivity index (χ2n) is 11.2. The Morgan fingerprint density at radius 1 is 1.15 bits per heavy atom. The third kappa shape index (κ3) is 5.32. The number of nitrogens with zero attached hydrogens (tertiary/aromatic N) is 3. The predicted octanol–water partition coefficient (Wildman–Crippen LogP) is 3.62. The van der Waals surface area contributed by atoms with Crippen LogP contribution in [-0.4, -0.2) is 72.1 Å². The fourth-order valence-corrected chi connectivity index (χ4v) is 5.91. The molecule has 2 aliphatic heterocycles. The largest absolute Gasteiger partial charge is 0.455 e. The monoisotopic (exact) mass is 550 g/mol. The van der Waals surface area contributed by atoms with Crippen LogP contribution in [0.4, 0.5) is 13.2 Å². The summed E-state index contributed by atoms with van der Waals surface area (Å²) in [6.45, 7) is 4.99. The van der Waals surface area contributed by atoms with Crippen LogP contribution in [0.2, 0.25) is 0 Å². The van der Waals surface area contributed by atoms with Gasteiger partial charge in [-0.2, -0.15) is 18.3 Å². The molecule has 2 saturated heterocycles. The smallest absolute Gasteiger partial charge is 0.420 e. The average molecular weight is 551 g/mol. The molecule has 212 valence electrons. The van der Waals surface area contributed by atoms with E-state index in [-0.39, 0.29) is 60.3 Å². The van der Waals surface area contributed by atoms with Crippen LogP contribution in [-0.2, 0) is 33.4 Å². The summed E-state index contributed by atoms with van der Waals surface area (Å²) >= 11 is 0. The Kier molecular flexibility index (Phi) is 6.95. The van der Waals surface area contributed by atoms with Crippen molar-refractivity contribution in [1.29, 1.82) is 0 Å². The van der Waals surface area contributed by atoms with Crippen molar-refractivity contribution in [2.45, 2.75) is 63.8 Å². The zero-order valence-electron chi connectivity index (χ0n) is 21.9. The number of alkyl halides is 3. The predicted molar refractivity (Wildman–Crippen MR) is 132 cm³/mol. The van der Waals surface area contributed by atoms with E-state index < -0.39 is 29.5 Å². The fourth-order valence-electron chi connectivity index (χ4n) is 5.91. The summed E-state index contributed by atoms with van der Waals surface area (Å²) in [5.74, 6) is -0.934. The van der Waals surface area contributed by atoms with E-state index in [4.69, 9.17) is 13.9 Å². The lowest BCUT2D eigenvalue weighted by Gasteiger charge is -2.32. The van der Waals surface area contributed by atoms with Gasteiger partial charge in [-0.25, -0.2) is 0 Å². The van der Waals surface area contributed by atoms with Gasteiger partial charge in [0.1, 0.15) is 11.3 Å². The Bertz CT molecular complexity index is 1240. The standard InChI is InChI=1S/C27H33F3N4O5/c1-15-10-20-21(22(27(28,29)30)24(39-20)25(35)31-11-18-14-37-8-9-38-18)23-19(15)13-34(32-23)12-16-4-6-33(7-5-16)26(36)17-2-3-17/h13,15-18H,2-12,14H2,1H3,(H,31,35)/t15-,18-/m1/s1. The first kappa shape index (κ1) is 26.4. The van der Waals surface area contributed by atoms with E-state index >= 15 is 0 Å². The Labute approximate surface area is 224 Å². The van der Waals surface area contributed by atoms with Gasteiger partial charge in [0.2, 0.25) is 11.7 Å². The number of carbonyl (C=O) groups excluding carboxylic acids is 2. The first-order chi connectivity index (χ1) is 18.7. The summed E-state index contributed by atoms with van der Waals surface area (Å²) in [5.41, 5.74) is -0.276. The maximum absolute atomic E-state index is 14.4. The molecule has 1 N–H and O–H groups in total. The highest BCUT2D eigenvalue weighted by Gasteiger charge is 2.46. The Morgan fingerprint density at radius 3 is 2.59 bits per heavy atom. The molecule has 0 unspecified atom stereocenters. The van der Waals surface area contributed by atoms with Crippen LogP contribution in [0, 0.1) is 11.8 Å². The highest BCUT2D eigenvalue weighted by atomic mass is 19.4. The Hall–Kier alpha value is -2.86. The number of aromatic nitrogens is 2. The minimum Gasteiger partial charge on any atom is -0.455 e. The maximum Gasteiger partial charge on any atom is 0.420 e. The molecule has 6 rings (SSSR count). The second-order valence-corrected chi connectivity index (χ2v) is 11.2. The van der Waals surface area contributed by atoms with E-state index in [2.05, 4.69) is 10.4 Å². The summed E-state index contributed by atoms with van der Waals surface area (Å²) in [7, 11) is 0. The SMILES string of the molecule is C[C@@H]1Cc2oc(C(=O)NC[C@@H]3COCCO3)c(C(F)(F)F)c2-c2nn(CC3CCN(C(=O)C4CC4)CC3)cc21. The number of rotatable bonds is 6. The first-order valence-corrected chi connectivity index (χ1v) is 13.8. The normalized spacial score (nSPS) is 23.8. The summed E-state index contributed by atoms with van der Waals surface area (Å²) in [4.78, 5) is 27.2. The van der Waals surface area contributed by atoms with Gasteiger partial charge in [-0.05, 0) is 37.5 Å². The summed E-state index contributed by atoms with van der Waals surface area (Å²) < 4.78 is 61.3. The first-order valence-electron chi connectivity index (χ1n) is 13.8. The molecule has 2 amide bonds. The molecule has 12 heteroatoms. The lowest BCUT2D eigenvalue weighted by atomic mass is 9.86. The number of likely N-dealkylation sites (tertiary alicyclic amines) is 1. The molecule has 2 aromatic rings. The van der Waals surface area contributed by atoms with E-state index in [1.165, 1.54) is 0 Å². The molecule has 2 aliphatic carbocycles. The molecule has 0 aromatic carbocycles. The molecule has 9 nitrogen and oxygen atoms in total. The number of ether oxygens (including phenoxy) is 2. The van der Waals surface area contributed by atoms with Gasteiger partial charge in [0.15, 0.2) is 0 Å². The molecule has 0 bridgehead atoms. The third-order valence-electron chi connectivity index (χ3n) is 8.19. The number of hydrogen-bond donors (Lipinski definition) is 1. The number of nitrogens with one attached hydrogen (secondary N) is 1. The van der Waals surface area contributed by atoms with Gasteiger partial charge in [0.05, 0.1) is 37.2 Å². The number of amides is 2. The lowest BCUT2D eigenvalue weighted by molar-refractivity contribution is -0.138. The van der Waals surface area contributed by atoms with Crippen LogP contribution in [0.3, 0.4) is 0 Å². The van der Waals surface area contributed by atoms with E-state index in [9.17, 15) is 22.8 Å². The molecule has 2 atom stereocenters. The molecule has 0 spiro atoms. The molecule has 1 saturated carbocycles. The molecule has 4 aliphatic rings. The van der Waals surface area contributed by atoms with Crippen molar-refractivity contribution in [3.05, 3.63) is 28.8 Å². The Morgan fingerprint density at radius 2 is 1.92 bits per heavy atom. The molecule has 4 heterocycles. The Balaban J connectivity index is 1.22. The van der Waals surface area contributed by atoms with Crippen LogP contribution in [0.5, 0.6) is 0 Å². The van der Waals surface area contributed by atoms with Gasteiger partial charge < -0.3 is 24.1 Å². The van der Waals surface area contributed by atoms with Crippen LogP contribution in [0.1, 0.15) is 66.0 Å². The quantitative estimate of drug-likeness (QED) is 0.590. The zero-order chi connectivity index (χ0) is 27.3. The minimum absolute atomic E-state index is 0.0167. The van der Waals surface area contributed by atoms with Crippen LogP contribution < -0.4 is 5.32 Å². The third-order valence-corrected chi connectivity index (χ3v) is 8.19. The fraction of sp³-hybridized carbons (Fsp3) is 0.667. The van der Waals surface area contributed by atoms with Crippen molar-refractivity contribution in [3.8, 4) is 11.3 Å². The van der Waals surface area contributed by atoms with Crippen LogP contribution in [0.25, 0.3) is 11.3 Å². The van der Waals surface area contributed by atoms with Crippen molar-refractivity contribution in [2.24, 2.45) is 11.8 Å². The van der Waals surface area contributed by atoms with Gasteiger partial charge in [-0.3, -0.25) is 14.3 Å². The number of furan rings is 1. The summed E-state index contributed by atoms with van der Waals surface area (Å²) in [6.07, 6.45) is 0.480. The van der Waals surface area contributed by atoms with Crippen molar-refractivity contribution >= 4 is 11.8 Å². The summed E-state index contributed by atoms with van der Waals surface area (Å²) in [6, 6.07) is 0. The van der Waals surface area contributed by atoms with Gasteiger partial charge in [0, 0.05) is 50.3 Å². The minimum atomic E-state index is -4.81. The van der Waals surface area contributed by atoms with Crippen LogP contribution >= 0.6 is 0 Å². The number of halogens is 3. The maximum atomic E-state index is 14.4. The van der Waals surface area contributed by atoms with Gasteiger partial charge >= 0.3 is 6.18 Å². The number of carbonyl (C=O) groups is 2. The number of hydrogen-bond acceptors (Lipinski definition) is 6. The van der Waals surface area contributed by atoms with E-state index in [1.54, 1.807) is 4.68 Å². The number of piperidine rings is 1. The van der Waals surface area contributed by atoms with Gasteiger partial charge in [-0.15, -0.1) is 0 Å². The molecule has 0 radical (unpaired) electrons. The summed E-state index contributed by atoms with van der Waals surface area (Å²) in [5, 5.41) is 7.12. The lowest BCUT2D eigenvalue weighted by Crippen LogP contribution is -2.40. The van der Waals surface area contributed by atoms with E-state index in [0.717, 1.165) is 31.2 Å². The van der Waals surface area contributed by atoms with Crippen molar-refractivity contribution in [2.75, 3.05) is 39.5 Å². The van der Waals surface area contributed by atoms with E-state index in [0.29, 0.717) is 32.8 Å². The molecular formula is C27H33F3N4O5. The van der Waals surface area contributed by atoms with Gasteiger partial charge in [0.25, 0.3) is 5.91 Å². The second kappa shape index (κ2) is 10.3. The highest BCUT2D eigenvalue weighted by Crippen LogP contribution is 2.48. The molecule has 2 aromatic heterocycles. The highest BCUT2D eigenvalue weighted by molar-refractivity contribution is 5.96. The molecule has 3 fully saturated rings. The van der Waals surface area contributed by atoms with Crippen molar-refractivity contribution in [1.82, 2.24) is 20.0 Å². The molecular weight excluding hydrogens is 517 g/mol. The topological polar surface area (TPSA) is 98.8 Å². The zero-order valence-corrected chi connectivity index (χ0v) is 21.9. The van der Waals surface area contributed by atoms with Gasteiger partial charge in [-0.1, -0.05) is 6.92 Å².